The third kappa shape index (κ3) is 5.44. The van der Waals surface area contributed by atoms with Crippen molar-refractivity contribution in [2.45, 2.75) is 38.8 Å². The van der Waals surface area contributed by atoms with Gasteiger partial charge in [0.1, 0.15) is 5.54 Å². The average Bonchev–Trinajstić information content (AvgIpc) is 2.24. The first-order chi connectivity index (χ1) is 7.46. The minimum absolute atomic E-state index is 0.0490. The number of ether oxygens (including phenoxy) is 2. The van der Waals surface area contributed by atoms with Gasteiger partial charge in [0.05, 0.1) is 19.3 Å². The highest BCUT2D eigenvalue weighted by Gasteiger charge is 2.31. The van der Waals surface area contributed by atoms with Crippen molar-refractivity contribution in [3.63, 3.8) is 0 Å². The summed E-state index contributed by atoms with van der Waals surface area (Å²) in [7, 11) is 1.61. The summed E-state index contributed by atoms with van der Waals surface area (Å²) in [5, 5.41) is 3.10. The van der Waals surface area contributed by atoms with E-state index in [1.807, 2.05) is 13.8 Å². The van der Waals surface area contributed by atoms with Crippen LogP contribution < -0.4 is 11.1 Å². The molecule has 0 radical (unpaired) electrons. The number of primary amides is 1. The Balaban J connectivity index is 4.16. The van der Waals surface area contributed by atoms with Crippen molar-refractivity contribution in [3.8, 4) is 0 Å². The van der Waals surface area contributed by atoms with E-state index in [4.69, 9.17) is 15.2 Å². The van der Waals surface area contributed by atoms with Gasteiger partial charge in [-0.3, -0.25) is 4.79 Å². The van der Waals surface area contributed by atoms with Crippen LogP contribution in [-0.4, -0.2) is 44.4 Å². The first kappa shape index (κ1) is 15.3. The Morgan fingerprint density at radius 2 is 2.19 bits per heavy atom. The van der Waals surface area contributed by atoms with E-state index in [9.17, 15) is 4.79 Å². The van der Waals surface area contributed by atoms with Gasteiger partial charge in [0.15, 0.2) is 0 Å². The molecule has 0 rings (SSSR count). The topological polar surface area (TPSA) is 73.6 Å². The molecule has 0 aliphatic heterocycles. The van der Waals surface area contributed by atoms with Gasteiger partial charge in [-0.05, 0) is 26.8 Å². The van der Waals surface area contributed by atoms with E-state index in [0.717, 1.165) is 13.0 Å². The Morgan fingerprint density at radius 3 is 2.62 bits per heavy atom. The lowest BCUT2D eigenvalue weighted by Gasteiger charge is -2.28. The summed E-state index contributed by atoms with van der Waals surface area (Å²) in [6, 6.07) is 0. The lowest BCUT2D eigenvalue weighted by molar-refractivity contribution is -0.127. The molecule has 0 saturated heterocycles. The molecule has 0 aliphatic carbocycles. The maximum atomic E-state index is 11.3. The maximum Gasteiger partial charge on any atom is 0.239 e. The lowest BCUT2D eigenvalue weighted by atomic mass is 10.0. The van der Waals surface area contributed by atoms with E-state index in [1.165, 1.54) is 0 Å². The van der Waals surface area contributed by atoms with Crippen LogP contribution in [0.5, 0.6) is 0 Å². The van der Waals surface area contributed by atoms with Crippen LogP contribution in [0.25, 0.3) is 0 Å². The summed E-state index contributed by atoms with van der Waals surface area (Å²) in [6.45, 7) is 7.18. The number of carbonyl (C=O) groups is 1. The minimum Gasteiger partial charge on any atom is -0.382 e. The average molecular weight is 232 g/mol. The third-order valence-electron chi connectivity index (χ3n) is 2.37. The second-order valence-corrected chi connectivity index (χ2v) is 4.20. The highest BCUT2D eigenvalue weighted by molar-refractivity contribution is 5.84. The fourth-order valence-electron chi connectivity index (χ4n) is 1.20. The Labute approximate surface area is 97.7 Å². The van der Waals surface area contributed by atoms with Crippen LogP contribution in [0.2, 0.25) is 0 Å². The number of nitrogens with two attached hydrogens (primary N) is 1. The molecular formula is C11H24N2O3. The number of carbonyl (C=O) groups excluding carboxylic acids is 1. The highest BCUT2D eigenvalue weighted by atomic mass is 16.5. The standard InChI is InChI=1S/C11H24N2O3/c1-5-6-13-11(3,10(12)14)8-16-9(2)7-15-4/h9,13H,5-8H2,1-4H3,(H2,12,14). The molecule has 5 heteroatoms. The zero-order valence-corrected chi connectivity index (χ0v) is 10.7. The van der Waals surface area contributed by atoms with Gasteiger partial charge < -0.3 is 20.5 Å². The predicted octanol–water partition coefficient (Wildman–Crippen LogP) is 0.282. The first-order valence-electron chi connectivity index (χ1n) is 5.61. The molecule has 0 aliphatic rings. The second kappa shape index (κ2) is 7.60. The van der Waals surface area contributed by atoms with Crippen LogP contribution in [0.3, 0.4) is 0 Å². The number of nitrogens with one attached hydrogen (secondary N) is 1. The Morgan fingerprint density at radius 1 is 1.56 bits per heavy atom. The van der Waals surface area contributed by atoms with Gasteiger partial charge in [0.2, 0.25) is 5.91 Å². The molecule has 0 aromatic carbocycles. The van der Waals surface area contributed by atoms with Crippen LogP contribution in [0.4, 0.5) is 0 Å². The van der Waals surface area contributed by atoms with Crippen molar-refractivity contribution in [1.82, 2.24) is 5.32 Å². The molecule has 96 valence electrons. The zero-order chi connectivity index (χ0) is 12.6. The molecule has 16 heavy (non-hydrogen) atoms. The van der Waals surface area contributed by atoms with Crippen molar-refractivity contribution in [3.05, 3.63) is 0 Å². The van der Waals surface area contributed by atoms with E-state index in [-0.39, 0.29) is 12.7 Å². The number of hydrogen-bond donors (Lipinski definition) is 2. The molecule has 0 aromatic heterocycles. The molecule has 0 heterocycles. The molecule has 5 nitrogen and oxygen atoms in total. The zero-order valence-electron chi connectivity index (χ0n) is 10.7. The number of amides is 1. The quantitative estimate of drug-likeness (QED) is 0.599. The Hall–Kier alpha value is -0.650. The minimum atomic E-state index is -0.808. The summed E-state index contributed by atoms with van der Waals surface area (Å²) in [5.41, 5.74) is 4.55. The van der Waals surface area contributed by atoms with Crippen molar-refractivity contribution in [2.24, 2.45) is 5.73 Å². The van der Waals surface area contributed by atoms with Crippen LogP contribution >= 0.6 is 0 Å². The molecule has 2 atom stereocenters. The Bertz CT molecular complexity index is 211. The highest BCUT2D eigenvalue weighted by Crippen LogP contribution is 2.06. The molecule has 0 aromatic rings. The summed E-state index contributed by atoms with van der Waals surface area (Å²) >= 11 is 0. The number of rotatable bonds is 9. The van der Waals surface area contributed by atoms with Crippen molar-refractivity contribution >= 4 is 5.91 Å². The van der Waals surface area contributed by atoms with Gasteiger partial charge in [-0.2, -0.15) is 0 Å². The summed E-state index contributed by atoms with van der Waals surface area (Å²) in [5.74, 6) is -0.398. The fourth-order valence-corrected chi connectivity index (χ4v) is 1.20. The summed E-state index contributed by atoms with van der Waals surface area (Å²) in [6.07, 6.45) is 0.892. The van der Waals surface area contributed by atoms with E-state index in [2.05, 4.69) is 5.32 Å². The SMILES string of the molecule is CCCNC(C)(COC(C)COC)C(N)=O. The summed E-state index contributed by atoms with van der Waals surface area (Å²) in [4.78, 5) is 11.3. The largest absolute Gasteiger partial charge is 0.382 e. The van der Waals surface area contributed by atoms with Gasteiger partial charge in [-0.25, -0.2) is 0 Å². The first-order valence-corrected chi connectivity index (χ1v) is 5.61. The van der Waals surface area contributed by atoms with Crippen molar-refractivity contribution in [1.29, 1.82) is 0 Å². The molecule has 0 saturated carbocycles. The van der Waals surface area contributed by atoms with Crippen LogP contribution in [-0.2, 0) is 14.3 Å². The molecule has 0 fully saturated rings. The van der Waals surface area contributed by atoms with Gasteiger partial charge in [-0.15, -0.1) is 0 Å². The molecule has 1 amide bonds. The van der Waals surface area contributed by atoms with E-state index < -0.39 is 11.4 Å². The van der Waals surface area contributed by atoms with Gasteiger partial charge in [0, 0.05) is 7.11 Å². The van der Waals surface area contributed by atoms with E-state index in [1.54, 1.807) is 14.0 Å². The summed E-state index contributed by atoms with van der Waals surface area (Å²) < 4.78 is 10.5. The normalized spacial score (nSPS) is 16.8. The molecular weight excluding hydrogens is 208 g/mol. The lowest BCUT2D eigenvalue weighted by Crippen LogP contribution is -2.57. The third-order valence-corrected chi connectivity index (χ3v) is 2.37. The van der Waals surface area contributed by atoms with Crippen LogP contribution in [0.15, 0.2) is 0 Å². The van der Waals surface area contributed by atoms with Crippen LogP contribution in [0.1, 0.15) is 27.2 Å². The molecule has 2 unspecified atom stereocenters. The van der Waals surface area contributed by atoms with E-state index >= 15 is 0 Å². The van der Waals surface area contributed by atoms with Gasteiger partial charge in [-0.1, -0.05) is 6.92 Å². The fraction of sp³-hybridized carbons (Fsp3) is 0.909. The van der Waals surface area contributed by atoms with Crippen molar-refractivity contribution < 1.29 is 14.3 Å². The smallest absolute Gasteiger partial charge is 0.239 e. The Kier molecular flexibility index (Phi) is 7.29. The van der Waals surface area contributed by atoms with E-state index in [0.29, 0.717) is 6.61 Å². The maximum absolute atomic E-state index is 11.3. The number of methoxy groups -OCH3 is 1. The predicted molar refractivity (Wildman–Crippen MR) is 63.2 cm³/mol. The molecule has 0 spiro atoms. The number of hydrogen-bond acceptors (Lipinski definition) is 4. The van der Waals surface area contributed by atoms with Crippen molar-refractivity contribution in [2.75, 3.05) is 26.9 Å². The van der Waals surface area contributed by atoms with Crippen LogP contribution in [0, 0.1) is 0 Å². The van der Waals surface area contributed by atoms with Gasteiger partial charge >= 0.3 is 0 Å². The second-order valence-electron chi connectivity index (χ2n) is 4.20. The van der Waals surface area contributed by atoms with Gasteiger partial charge in [0.25, 0.3) is 0 Å². The monoisotopic (exact) mass is 232 g/mol. The molecule has 0 bridgehead atoms. The molecule has 3 N–H and O–H groups in total.